The summed E-state index contributed by atoms with van der Waals surface area (Å²) in [6, 6.07) is 0. The molecule has 0 unspecified atom stereocenters. The summed E-state index contributed by atoms with van der Waals surface area (Å²) in [5.74, 6) is -0.133. The summed E-state index contributed by atoms with van der Waals surface area (Å²) < 4.78 is 14.3. The van der Waals surface area contributed by atoms with Gasteiger partial charge < -0.3 is 13.9 Å². The van der Waals surface area contributed by atoms with Crippen molar-refractivity contribution in [2.45, 2.75) is 5.33 Å². The molecule has 1 heterocycles. The molecule has 1 aromatic rings. The molecule has 1 aromatic heterocycles. The molecule has 0 N–H and O–H groups in total. The van der Waals surface area contributed by atoms with E-state index in [4.69, 9.17) is 9.15 Å². The third-order valence-electron chi connectivity index (χ3n) is 1.32. The Morgan fingerprint density at radius 3 is 2.77 bits per heavy atom. The van der Waals surface area contributed by atoms with Crippen LogP contribution in [-0.4, -0.2) is 25.2 Å². The van der Waals surface area contributed by atoms with Gasteiger partial charge in [0.15, 0.2) is 0 Å². The number of alkyl halides is 1. The molecule has 5 nitrogen and oxygen atoms in total. The standard InChI is InChI=1S/C7H8BrNO4/c1-11-6(10)5-7(12-2)13-4(3-8)9-5/h3H2,1-2H3. The highest BCUT2D eigenvalue weighted by atomic mass is 79.9. The predicted molar refractivity (Wildman–Crippen MR) is 47.0 cm³/mol. The third-order valence-corrected chi connectivity index (χ3v) is 1.80. The van der Waals surface area contributed by atoms with Gasteiger partial charge in [-0.2, -0.15) is 0 Å². The van der Waals surface area contributed by atoms with Crippen molar-refractivity contribution in [3.63, 3.8) is 0 Å². The fraction of sp³-hybridized carbons (Fsp3) is 0.429. The zero-order valence-electron chi connectivity index (χ0n) is 7.17. The lowest BCUT2D eigenvalue weighted by atomic mass is 10.5. The molecule has 0 aliphatic heterocycles. The first-order valence-corrected chi connectivity index (χ1v) is 4.53. The van der Waals surface area contributed by atoms with Crippen molar-refractivity contribution in [1.82, 2.24) is 4.98 Å². The highest BCUT2D eigenvalue weighted by Crippen LogP contribution is 2.21. The van der Waals surface area contributed by atoms with Gasteiger partial charge in [-0.3, -0.25) is 0 Å². The SMILES string of the molecule is COC(=O)c1nc(CBr)oc1OC. The van der Waals surface area contributed by atoms with Gasteiger partial charge in [0, 0.05) is 0 Å². The van der Waals surface area contributed by atoms with Crippen LogP contribution in [0.4, 0.5) is 0 Å². The van der Waals surface area contributed by atoms with E-state index in [1.165, 1.54) is 14.2 Å². The summed E-state index contributed by atoms with van der Waals surface area (Å²) in [5, 5.41) is 0.417. The molecule has 0 spiro atoms. The van der Waals surface area contributed by atoms with Crippen molar-refractivity contribution in [3.05, 3.63) is 11.6 Å². The molecule has 0 radical (unpaired) electrons. The number of halogens is 1. The monoisotopic (exact) mass is 249 g/mol. The second-order valence-electron chi connectivity index (χ2n) is 2.07. The van der Waals surface area contributed by atoms with Gasteiger partial charge in [0.1, 0.15) is 0 Å². The van der Waals surface area contributed by atoms with Crippen molar-refractivity contribution >= 4 is 21.9 Å². The second-order valence-corrected chi connectivity index (χ2v) is 2.63. The van der Waals surface area contributed by atoms with Crippen LogP contribution >= 0.6 is 15.9 Å². The highest BCUT2D eigenvalue weighted by Gasteiger charge is 2.20. The number of carbonyl (C=O) groups is 1. The van der Waals surface area contributed by atoms with E-state index in [0.29, 0.717) is 11.2 Å². The molecule has 13 heavy (non-hydrogen) atoms. The minimum atomic E-state index is -0.576. The van der Waals surface area contributed by atoms with E-state index in [0.717, 1.165) is 0 Å². The number of carbonyl (C=O) groups excluding carboxylic acids is 1. The minimum Gasteiger partial charge on any atom is -0.467 e. The topological polar surface area (TPSA) is 61.6 Å². The van der Waals surface area contributed by atoms with Gasteiger partial charge >= 0.3 is 11.9 Å². The first-order chi connectivity index (χ1) is 6.22. The first-order valence-electron chi connectivity index (χ1n) is 3.41. The summed E-state index contributed by atoms with van der Waals surface area (Å²) in [6.45, 7) is 0. The number of rotatable bonds is 3. The Morgan fingerprint density at radius 1 is 1.62 bits per heavy atom. The Bertz CT molecular complexity index is 309. The van der Waals surface area contributed by atoms with Crippen LogP contribution in [0, 0.1) is 0 Å². The molecular formula is C7H8BrNO4. The maximum atomic E-state index is 11.1. The number of hydrogen-bond acceptors (Lipinski definition) is 5. The summed E-state index contributed by atoms with van der Waals surface area (Å²) in [7, 11) is 2.66. The minimum absolute atomic E-state index is 0.0550. The van der Waals surface area contributed by atoms with E-state index in [1.807, 2.05) is 0 Å². The zero-order chi connectivity index (χ0) is 9.84. The van der Waals surface area contributed by atoms with Crippen molar-refractivity contribution < 1.29 is 18.7 Å². The van der Waals surface area contributed by atoms with Crippen LogP contribution in [0.3, 0.4) is 0 Å². The molecule has 0 atom stereocenters. The Balaban J connectivity index is 3.03. The average molecular weight is 250 g/mol. The molecule has 0 bridgehead atoms. The molecule has 0 fully saturated rings. The Morgan fingerprint density at radius 2 is 2.31 bits per heavy atom. The number of aromatic nitrogens is 1. The van der Waals surface area contributed by atoms with Gasteiger partial charge in [0.2, 0.25) is 11.6 Å². The lowest BCUT2D eigenvalue weighted by Gasteiger charge is -1.95. The van der Waals surface area contributed by atoms with E-state index in [2.05, 4.69) is 25.7 Å². The number of methoxy groups -OCH3 is 2. The van der Waals surface area contributed by atoms with Crippen LogP contribution in [0.5, 0.6) is 5.95 Å². The van der Waals surface area contributed by atoms with Gasteiger partial charge in [-0.25, -0.2) is 9.78 Å². The number of hydrogen-bond donors (Lipinski definition) is 0. The molecule has 0 aromatic carbocycles. The molecule has 72 valence electrons. The van der Waals surface area contributed by atoms with Crippen LogP contribution in [0.1, 0.15) is 16.4 Å². The molecule has 1 rings (SSSR count). The zero-order valence-corrected chi connectivity index (χ0v) is 8.75. The fourth-order valence-electron chi connectivity index (χ4n) is 0.770. The van der Waals surface area contributed by atoms with Gasteiger partial charge in [0.05, 0.1) is 19.5 Å². The molecule has 0 aliphatic rings. The first kappa shape index (κ1) is 10.0. The summed E-state index contributed by atoms with van der Waals surface area (Å²) in [5.41, 5.74) is 0.0550. The quantitative estimate of drug-likeness (QED) is 0.598. The lowest BCUT2D eigenvalue weighted by Crippen LogP contribution is -2.03. The molecule has 0 aliphatic carbocycles. The van der Waals surface area contributed by atoms with Crippen LogP contribution in [0.2, 0.25) is 0 Å². The van der Waals surface area contributed by atoms with Gasteiger partial charge in [0.25, 0.3) is 0 Å². The van der Waals surface area contributed by atoms with E-state index in [9.17, 15) is 4.79 Å². The summed E-state index contributed by atoms with van der Waals surface area (Å²) in [4.78, 5) is 14.9. The number of ether oxygens (including phenoxy) is 2. The largest absolute Gasteiger partial charge is 0.467 e. The molecule has 0 saturated carbocycles. The fourth-order valence-corrected chi connectivity index (χ4v) is 1.01. The van der Waals surface area contributed by atoms with Crippen molar-refractivity contribution in [1.29, 1.82) is 0 Å². The highest BCUT2D eigenvalue weighted by molar-refractivity contribution is 9.08. The van der Waals surface area contributed by atoms with Gasteiger partial charge in [-0.1, -0.05) is 15.9 Å². The van der Waals surface area contributed by atoms with E-state index in [-0.39, 0.29) is 11.6 Å². The number of esters is 1. The lowest BCUT2D eigenvalue weighted by molar-refractivity contribution is 0.0588. The summed E-state index contributed by atoms with van der Waals surface area (Å²) in [6.07, 6.45) is 0. The van der Waals surface area contributed by atoms with E-state index < -0.39 is 5.97 Å². The van der Waals surface area contributed by atoms with E-state index in [1.54, 1.807) is 0 Å². The third kappa shape index (κ3) is 2.00. The van der Waals surface area contributed by atoms with Crippen molar-refractivity contribution in [2.24, 2.45) is 0 Å². The number of nitrogens with zero attached hydrogens (tertiary/aromatic N) is 1. The second kappa shape index (κ2) is 4.27. The molecular weight excluding hydrogens is 242 g/mol. The maximum Gasteiger partial charge on any atom is 0.364 e. The van der Waals surface area contributed by atoms with Gasteiger partial charge in [-0.15, -0.1) is 0 Å². The Labute approximate surface area is 83.2 Å². The average Bonchev–Trinajstić information content (AvgIpc) is 2.59. The van der Waals surface area contributed by atoms with E-state index >= 15 is 0 Å². The summed E-state index contributed by atoms with van der Waals surface area (Å²) >= 11 is 3.14. The predicted octanol–water partition coefficient (Wildman–Crippen LogP) is 1.36. The van der Waals surface area contributed by atoms with Crippen molar-refractivity contribution in [2.75, 3.05) is 14.2 Å². The maximum absolute atomic E-state index is 11.1. The van der Waals surface area contributed by atoms with Crippen LogP contribution < -0.4 is 4.74 Å². The van der Waals surface area contributed by atoms with Crippen LogP contribution in [0.15, 0.2) is 4.42 Å². The van der Waals surface area contributed by atoms with Crippen LogP contribution in [0.25, 0.3) is 0 Å². The molecule has 6 heteroatoms. The van der Waals surface area contributed by atoms with Gasteiger partial charge in [-0.05, 0) is 0 Å². The Kier molecular flexibility index (Phi) is 3.30. The normalized spacial score (nSPS) is 9.77. The smallest absolute Gasteiger partial charge is 0.364 e. The Hall–Kier alpha value is -1.04. The van der Waals surface area contributed by atoms with Crippen molar-refractivity contribution in [3.8, 4) is 5.95 Å². The van der Waals surface area contributed by atoms with Crippen LogP contribution in [-0.2, 0) is 10.1 Å². The molecule has 0 amide bonds. The number of oxazole rings is 1. The molecule has 0 saturated heterocycles.